The first kappa shape index (κ1) is 21.6. The van der Waals surface area contributed by atoms with Crippen molar-refractivity contribution in [3.8, 4) is 10.6 Å². The highest BCUT2D eigenvalue weighted by Crippen LogP contribution is 2.30. The third kappa shape index (κ3) is 4.44. The van der Waals surface area contributed by atoms with E-state index in [0.717, 1.165) is 65.4 Å². The number of fused-ring (bicyclic) bond motifs is 1. The van der Waals surface area contributed by atoms with Crippen molar-refractivity contribution in [3.05, 3.63) is 51.5 Å². The van der Waals surface area contributed by atoms with Gasteiger partial charge in [-0.2, -0.15) is 0 Å². The van der Waals surface area contributed by atoms with E-state index in [9.17, 15) is 4.79 Å². The molecule has 0 aliphatic carbocycles. The first-order valence-electron chi connectivity index (χ1n) is 11.2. The number of carbonyl (C=O) groups is 1. The van der Waals surface area contributed by atoms with Gasteiger partial charge in [-0.25, -0.2) is 4.98 Å². The number of benzene rings is 1. The summed E-state index contributed by atoms with van der Waals surface area (Å²) >= 11 is 7.57. The topological polar surface area (TPSA) is 67.2 Å². The van der Waals surface area contributed by atoms with Crippen LogP contribution in [0.25, 0.3) is 10.6 Å². The molecule has 9 heteroatoms. The molecule has 0 unspecified atom stereocenters. The van der Waals surface area contributed by atoms with Gasteiger partial charge in [-0.15, -0.1) is 21.5 Å². The Hall–Kier alpha value is -2.29. The largest absolute Gasteiger partial charge is 0.335 e. The number of rotatable bonds is 4. The fraction of sp³-hybridized carbons (Fsp3) is 0.478. The van der Waals surface area contributed by atoms with Crippen LogP contribution in [0.3, 0.4) is 0 Å². The normalized spacial score (nSPS) is 17.2. The lowest BCUT2D eigenvalue weighted by atomic mass is 10.2. The summed E-state index contributed by atoms with van der Waals surface area (Å²) in [6, 6.07) is 7.61. The zero-order valence-electron chi connectivity index (χ0n) is 18.3. The van der Waals surface area contributed by atoms with Gasteiger partial charge < -0.3 is 9.47 Å². The summed E-state index contributed by atoms with van der Waals surface area (Å²) in [7, 11) is 0. The number of carbonyl (C=O) groups excluding carboxylic acids is 1. The maximum absolute atomic E-state index is 13.2. The van der Waals surface area contributed by atoms with Gasteiger partial charge in [-0.1, -0.05) is 30.2 Å². The zero-order chi connectivity index (χ0) is 22.1. The van der Waals surface area contributed by atoms with Gasteiger partial charge >= 0.3 is 0 Å². The second-order valence-electron chi connectivity index (χ2n) is 8.51. The fourth-order valence-corrected chi connectivity index (χ4v) is 5.68. The fourth-order valence-electron chi connectivity index (χ4n) is 4.45. The highest BCUT2D eigenvalue weighted by molar-refractivity contribution is 7.17. The van der Waals surface area contributed by atoms with Crippen molar-refractivity contribution < 1.29 is 4.79 Å². The molecule has 168 valence electrons. The molecule has 5 rings (SSSR count). The van der Waals surface area contributed by atoms with Crippen molar-refractivity contribution in [2.75, 3.05) is 26.2 Å². The van der Waals surface area contributed by atoms with Crippen LogP contribution in [0.15, 0.2) is 24.3 Å². The Labute approximate surface area is 197 Å². The summed E-state index contributed by atoms with van der Waals surface area (Å²) in [6.45, 7) is 6.83. The number of hydrogen-bond acceptors (Lipinski definition) is 6. The summed E-state index contributed by atoms with van der Waals surface area (Å²) in [4.78, 5) is 22.9. The van der Waals surface area contributed by atoms with E-state index in [0.29, 0.717) is 18.1 Å². The molecule has 1 saturated heterocycles. The number of nitrogens with zero attached hydrogens (tertiary/aromatic N) is 6. The Kier molecular flexibility index (Phi) is 6.26. The smallest absolute Gasteiger partial charge is 0.265 e. The number of aromatic nitrogens is 4. The van der Waals surface area contributed by atoms with E-state index < -0.39 is 0 Å². The summed E-state index contributed by atoms with van der Waals surface area (Å²) < 4.78 is 2.31. The number of thiazole rings is 1. The van der Waals surface area contributed by atoms with Gasteiger partial charge in [0.05, 0.1) is 12.2 Å². The summed E-state index contributed by atoms with van der Waals surface area (Å²) in [6.07, 6.45) is 4.70. The number of amides is 1. The van der Waals surface area contributed by atoms with Crippen LogP contribution in [0.1, 0.15) is 46.3 Å². The van der Waals surface area contributed by atoms with Crippen LogP contribution in [0.5, 0.6) is 0 Å². The molecule has 1 amide bonds. The molecule has 0 spiro atoms. The number of hydrogen-bond donors (Lipinski definition) is 0. The van der Waals surface area contributed by atoms with E-state index in [-0.39, 0.29) is 5.91 Å². The Morgan fingerprint density at radius 3 is 2.75 bits per heavy atom. The lowest BCUT2D eigenvalue weighted by Crippen LogP contribution is -2.48. The number of halogens is 1. The molecule has 0 radical (unpaired) electrons. The highest BCUT2D eigenvalue weighted by Gasteiger charge is 2.27. The Balaban J connectivity index is 1.22. The van der Waals surface area contributed by atoms with Crippen LogP contribution in [-0.2, 0) is 19.5 Å². The van der Waals surface area contributed by atoms with Gasteiger partial charge in [-0.3, -0.25) is 9.69 Å². The predicted octanol–water partition coefficient (Wildman–Crippen LogP) is 4.05. The van der Waals surface area contributed by atoms with Crippen LogP contribution in [0.2, 0.25) is 5.02 Å². The standard InChI is InChI=1S/C23H27ClN6OS/c1-16-21(32-22(25-16)17-6-5-7-18(24)14-17)23(31)29-12-10-28(11-13-29)15-20-27-26-19-8-3-2-4-9-30(19)20/h5-7,14H,2-4,8-13,15H2,1H3. The molecule has 1 aromatic carbocycles. The molecular formula is C23H27ClN6OS. The zero-order valence-corrected chi connectivity index (χ0v) is 19.8. The van der Waals surface area contributed by atoms with Gasteiger partial charge in [-0.05, 0) is 31.9 Å². The second-order valence-corrected chi connectivity index (χ2v) is 9.94. The van der Waals surface area contributed by atoms with E-state index in [1.165, 1.54) is 30.6 Å². The van der Waals surface area contributed by atoms with E-state index >= 15 is 0 Å². The van der Waals surface area contributed by atoms with Crippen LogP contribution < -0.4 is 0 Å². The average Bonchev–Trinajstić information content (AvgIpc) is 3.28. The lowest BCUT2D eigenvalue weighted by molar-refractivity contribution is 0.0627. The molecule has 1 fully saturated rings. The first-order valence-corrected chi connectivity index (χ1v) is 12.4. The van der Waals surface area contributed by atoms with Crippen molar-refractivity contribution in [1.82, 2.24) is 29.5 Å². The molecule has 0 bridgehead atoms. The minimum absolute atomic E-state index is 0.0734. The molecule has 3 aromatic rings. The minimum atomic E-state index is 0.0734. The maximum atomic E-state index is 13.2. The molecule has 2 aliphatic rings. The molecule has 7 nitrogen and oxygen atoms in total. The van der Waals surface area contributed by atoms with E-state index in [1.54, 1.807) is 0 Å². The molecular weight excluding hydrogens is 444 g/mol. The molecule has 0 saturated carbocycles. The van der Waals surface area contributed by atoms with Crippen molar-refractivity contribution in [2.45, 2.75) is 45.7 Å². The van der Waals surface area contributed by atoms with Gasteiger partial charge in [0.2, 0.25) is 0 Å². The van der Waals surface area contributed by atoms with Gasteiger partial charge in [0.15, 0.2) is 0 Å². The van der Waals surface area contributed by atoms with Crippen molar-refractivity contribution in [3.63, 3.8) is 0 Å². The van der Waals surface area contributed by atoms with Gasteiger partial charge in [0.25, 0.3) is 5.91 Å². The van der Waals surface area contributed by atoms with Crippen LogP contribution >= 0.6 is 22.9 Å². The first-order chi connectivity index (χ1) is 15.6. The van der Waals surface area contributed by atoms with Gasteiger partial charge in [0.1, 0.15) is 21.5 Å². The minimum Gasteiger partial charge on any atom is -0.335 e. The SMILES string of the molecule is Cc1nc(-c2cccc(Cl)c2)sc1C(=O)N1CCN(Cc2nnc3n2CCCCC3)CC1. The molecule has 2 aromatic heterocycles. The average molecular weight is 471 g/mol. The van der Waals surface area contributed by atoms with E-state index in [1.807, 2.05) is 36.1 Å². The molecule has 2 aliphatic heterocycles. The number of aryl methyl sites for hydroxylation is 2. The van der Waals surface area contributed by atoms with Crippen LogP contribution in [-0.4, -0.2) is 61.6 Å². The quantitative estimate of drug-likeness (QED) is 0.575. The molecule has 0 atom stereocenters. The Morgan fingerprint density at radius 2 is 1.94 bits per heavy atom. The van der Waals surface area contributed by atoms with Crippen molar-refractivity contribution in [2.24, 2.45) is 0 Å². The molecule has 32 heavy (non-hydrogen) atoms. The lowest BCUT2D eigenvalue weighted by Gasteiger charge is -2.34. The molecule has 4 heterocycles. The summed E-state index contributed by atoms with van der Waals surface area (Å²) in [5.74, 6) is 2.26. The van der Waals surface area contributed by atoms with Crippen LogP contribution in [0, 0.1) is 6.92 Å². The third-order valence-electron chi connectivity index (χ3n) is 6.27. The van der Waals surface area contributed by atoms with Crippen molar-refractivity contribution >= 4 is 28.8 Å². The van der Waals surface area contributed by atoms with Gasteiger partial charge in [0, 0.05) is 49.7 Å². The monoisotopic (exact) mass is 470 g/mol. The highest BCUT2D eigenvalue weighted by atomic mass is 35.5. The molecule has 0 N–H and O–H groups in total. The van der Waals surface area contributed by atoms with Crippen molar-refractivity contribution in [1.29, 1.82) is 0 Å². The van der Waals surface area contributed by atoms with E-state index in [2.05, 4.69) is 24.6 Å². The third-order valence-corrected chi connectivity index (χ3v) is 7.70. The van der Waals surface area contributed by atoms with Crippen LogP contribution in [0.4, 0.5) is 0 Å². The summed E-state index contributed by atoms with van der Waals surface area (Å²) in [5.41, 5.74) is 1.73. The predicted molar refractivity (Wildman–Crippen MR) is 126 cm³/mol. The number of piperazine rings is 1. The second kappa shape index (κ2) is 9.29. The maximum Gasteiger partial charge on any atom is 0.265 e. The Morgan fingerprint density at radius 1 is 1.09 bits per heavy atom. The Bertz CT molecular complexity index is 1120. The van der Waals surface area contributed by atoms with E-state index in [4.69, 9.17) is 11.6 Å². The summed E-state index contributed by atoms with van der Waals surface area (Å²) in [5, 5.41) is 10.4.